The minimum atomic E-state index is 0.623. The molecule has 2 heteroatoms. The predicted molar refractivity (Wildman–Crippen MR) is 61.3 cm³/mol. The Morgan fingerprint density at radius 3 is 2.14 bits per heavy atom. The summed E-state index contributed by atoms with van der Waals surface area (Å²) in [5.41, 5.74) is 2.39. The van der Waals surface area contributed by atoms with Crippen molar-refractivity contribution < 1.29 is 4.59 Å². The number of rotatable bonds is 3. The van der Waals surface area contributed by atoms with E-state index in [-0.39, 0.29) is 0 Å². The first kappa shape index (κ1) is 10.9. The number of hydrogen-bond donors (Lipinski definition) is 0. The Labute approximate surface area is 86.5 Å². The van der Waals surface area contributed by atoms with Gasteiger partial charge in [-0.05, 0) is 6.42 Å². The first-order valence-electron chi connectivity index (χ1n) is 4.99. The fourth-order valence-electron chi connectivity index (χ4n) is 1.33. The van der Waals surface area contributed by atoms with Crippen LogP contribution in [0, 0.1) is 0 Å². The Bertz CT molecular complexity index is 307. The van der Waals surface area contributed by atoms with Crippen LogP contribution in [0.25, 0.3) is 0 Å². The summed E-state index contributed by atoms with van der Waals surface area (Å²) in [6, 6.07) is 10.4. The molecule has 0 bridgehead atoms. The van der Waals surface area contributed by atoms with E-state index < -0.39 is 0 Å². The van der Waals surface area contributed by atoms with Gasteiger partial charge in [0.15, 0.2) is 0 Å². The normalized spacial score (nSPS) is 13.0. The van der Waals surface area contributed by atoms with Gasteiger partial charge in [0.25, 0.3) is 0 Å². The molecule has 0 radical (unpaired) electrons. The molecule has 1 aromatic rings. The predicted octanol–water partition coefficient (Wildman–Crippen LogP) is 2.51. The first-order valence-corrected chi connectivity index (χ1v) is 4.99. The van der Waals surface area contributed by atoms with Gasteiger partial charge in [-0.1, -0.05) is 42.4 Å². The van der Waals surface area contributed by atoms with Crippen LogP contribution in [0.3, 0.4) is 0 Å². The molecular weight excluding hydrogens is 172 g/mol. The molecular formula is C12H19N2+. The second kappa shape index (κ2) is 4.38. The molecule has 2 nitrogen and oxygen atoms in total. The fraction of sp³-hybridized carbons (Fsp3) is 0.417. The third-order valence-electron chi connectivity index (χ3n) is 1.86. The average Bonchev–Trinajstić information content (AvgIpc) is 2.14. The van der Waals surface area contributed by atoms with Gasteiger partial charge in [0.05, 0.1) is 21.1 Å². The van der Waals surface area contributed by atoms with Gasteiger partial charge < -0.3 is 0 Å². The molecule has 0 N–H and O–H groups in total. The topological polar surface area (TPSA) is 12.4 Å². The summed E-state index contributed by atoms with van der Waals surface area (Å²) < 4.78 is 0.623. The maximum absolute atomic E-state index is 4.65. The summed E-state index contributed by atoms with van der Waals surface area (Å²) >= 11 is 0. The number of quaternary nitrogens is 1. The van der Waals surface area contributed by atoms with Crippen LogP contribution in [0.15, 0.2) is 35.4 Å². The Balaban J connectivity index is 3.00. The zero-order valence-corrected chi connectivity index (χ0v) is 9.49. The molecule has 0 spiro atoms. The summed E-state index contributed by atoms with van der Waals surface area (Å²) in [7, 11) is 6.20. The molecule has 0 fully saturated rings. The molecule has 0 atom stereocenters. The molecule has 0 heterocycles. The molecule has 0 aliphatic rings. The largest absolute Gasteiger partial charge is 0.205 e. The van der Waals surface area contributed by atoms with Crippen LogP contribution < -0.4 is 0 Å². The molecule has 0 amide bonds. The lowest BCUT2D eigenvalue weighted by atomic mass is 10.1. The van der Waals surface area contributed by atoms with Gasteiger partial charge in [-0.2, -0.15) is 0 Å². The minimum absolute atomic E-state index is 0.623. The standard InChI is InChI=1S/C12H19N2/c1-5-12(13-14(2,3)4)11-9-7-6-8-10-11/h6-10H,5H2,1-4H3/q+1/b13-12+. The van der Waals surface area contributed by atoms with Crippen LogP contribution >= 0.6 is 0 Å². The van der Waals surface area contributed by atoms with E-state index in [1.165, 1.54) is 5.56 Å². The van der Waals surface area contributed by atoms with Crippen LogP contribution in [0.5, 0.6) is 0 Å². The van der Waals surface area contributed by atoms with Crippen LogP contribution in [-0.4, -0.2) is 31.4 Å². The van der Waals surface area contributed by atoms with E-state index in [2.05, 4.69) is 57.4 Å². The highest BCUT2D eigenvalue weighted by atomic mass is 15.6. The van der Waals surface area contributed by atoms with Crippen molar-refractivity contribution in [2.24, 2.45) is 5.10 Å². The Hall–Kier alpha value is -1.15. The summed E-state index contributed by atoms with van der Waals surface area (Å²) in [6.45, 7) is 2.14. The van der Waals surface area contributed by atoms with Crippen LogP contribution in [0.1, 0.15) is 18.9 Å². The monoisotopic (exact) mass is 191 g/mol. The molecule has 14 heavy (non-hydrogen) atoms. The van der Waals surface area contributed by atoms with Gasteiger partial charge in [0.1, 0.15) is 5.71 Å². The highest BCUT2D eigenvalue weighted by Crippen LogP contribution is 2.06. The molecule has 1 rings (SSSR count). The van der Waals surface area contributed by atoms with E-state index in [0.29, 0.717) is 4.59 Å². The number of benzene rings is 1. The smallest absolute Gasteiger partial charge is 0.103 e. The van der Waals surface area contributed by atoms with Crippen molar-refractivity contribution in [1.82, 2.24) is 0 Å². The first-order chi connectivity index (χ1) is 6.53. The maximum Gasteiger partial charge on any atom is 0.103 e. The molecule has 0 aromatic heterocycles. The van der Waals surface area contributed by atoms with Gasteiger partial charge in [0.2, 0.25) is 0 Å². The summed E-state index contributed by atoms with van der Waals surface area (Å²) in [5, 5.41) is 4.65. The third-order valence-corrected chi connectivity index (χ3v) is 1.86. The minimum Gasteiger partial charge on any atom is -0.205 e. The molecule has 1 aromatic carbocycles. The lowest BCUT2D eigenvalue weighted by Crippen LogP contribution is -2.29. The van der Waals surface area contributed by atoms with Crippen molar-refractivity contribution in [2.45, 2.75) is 13.3 Å². The van der Waals surface area contributed by atoms with Gasteiger partial charge in [-0.3, -0.25) is 0 Å². The van der Waals surface area contributed by atoms with Crippen LogP contribution in [0.4, 0.5) is 0 Å². The SMILES string of the molecule is CC/C(=N\[N+](C)(C)C)c1ccccc1. The lowest BCUT2D eigenvalue weighted by Gasteiger charge is -2.17. The zero-order chi connectivity index (χ0) is 10.6. The Morgan fingerprint density at radius 2 is 1.71 bits per heavy atom. The molecule has 0 saturated carbocycles. The second-order valence-electron chi connectivity index (χ2n) is 4.21. The van der Waals surface area contributed by atoms with Crippen LogP contribution in [-0.2, 0) is 0 Å². The molecule has 0 saturated heterocycles. The second-order valence-corrected chi connectivity index (χ2v) is 4.21. The molecule has 0 aliphatic heterocycles. The summed E-state index contributed by atoms with van der Waals surface area (Å²) in [5.74, 6) is 0. The van der Waals surface area contributed by atoms with E-state index >= 15 is 0 Å². The van der Waals surface area contributed by atoms with Crippen molar-refractivity contribution >= 4 is 5.71 Å². The molecule has 0 aliphatic carbocycles. The van der Waals surface area contributed by atoms with Crippen molar-refractivity contribution in [2.75, 3.05) is 21.1 Å². The van der Waals surface area contributed by atoms with Gasteiger partial charge in [0, 0.05) is 5.56 Å². The highest BCUT2D eigenvalue weighted by molar-refractivity contribution is 5.99. The highest BCUT2D eigenvalue weighted by Gasteiger charge is 2.08. The average molecular weight is 191 g/mol. The Kier molecular flexibility index (Phi) is 3.42. The summed E-state index contributed by atoms with van der Waals surface area (Å²) in [4.78, 5) is 0. The van der Waals surface area contributed by atoms with E-state index in [9.17, 15) is 0 Å². The third kappa shape index (κ3) is 3.30. The van der Waals surface area contributed by atoms with Gasteiger partial charge in [-0.25, -0.2) is 4.59 Å². The quantitative estimate of drug-likeness (QED) is 0.395. The van der Waals surface area contributed by atoms with E-state index in [1.807, 2.05) is 6.07 Å². The molecule has 76 valence electrons. The number of hydrogen-bond acceptors (Lipinski definition) is 1. The zero-order valence-electron chi connectivity index (χ0n) is 9.49. The van der Waals surface area contributed by atoms with Crippen molar-refractivity contribution in [3.05, 3.63) is 35.9 Å². The van der Waals surface area contributed by atoms with Gasteiger partial charge >= 0.3 is 0 Å². The fourth-order valence-corrected chi connectivity index (χ4v) is 1.33. The molecule has 0 unspecified atom stereocenters. The maximum atomic E-state index is 4.65. The van der Waals surface area contributed by atoms with Crippen molar-refractivity contribution in [3.63, 3.8) is 0 Å². The van der Waals surface area contributed by atoms with E-state index in [4.69, 9.17) is 0 Å². The number of nitrogens with zero attached hydrogens (tertiary/aromatic N) is 2. The van der Waals surface area contributed by atoms with E-state index in [0.717, 1.165) is 12.1 Å². The van der Waals surface area contributed by atoms with Crippen LogP contribution in [0.2, 0.25) is 0 Å². The Morgan fingerprint density at radius 1 is 1.14 bits per heavy atom. The van der Waals surface area contributed by atoms with E-state index in [1.54, 1.807) is 0 Å². The van der Waals surface area contributed by atoms with Gasteiger partial charge in [-0.15, -0.1) is 0 Å². The van der Waals surface area contributed by atoms with Crippen molar-refractivity contribution in [1.29, 1.82) is 0 Å². The van der Waals surface area contributed by atoms with Crippen molar-refractivity contribution in [3.8, 4) is 0 Å². The summed E-state index contributed by atoms with van der Waals surface area (Å²) in [6.07, 6.45) is 0.972. The lowest BCUT2D eigenvalue weighted by molar-refractivity contribution is -0.877.